The Labute approximate surface area is 149 Å². The molecule has 4 rings (SSSR count). The van der Waals surface area contributed by atoms with Crippen LogP contribution in [0.15, 0.2) is 34.4 Å². The molecule has 0 saturated heterocycles. The van der Waals surface area contributed by atoms with E-state index in [9.17, 15) is 4.79 Å². The third-order valence-electron chi connectivity index (χ3n) is 4.76. The fraction of sp³-hybridized carbons (Fsp3) is 0.278. The van der Waals surface area contributed by atoms with Crippen LogP contribution in [0.5, 0.6) is 0 Å². The molecule has 0 saturated carbocycles. The van der Waals surface area contributed by atoms with Crippen LogP contribution < -0.4 is 10.5 Å². The van der Waals surface area contributed by atoms with Crippen molar-refractivity contribution in [1.82, 2.24) is 19.2 Å². The van der Waals surface area contributed by atoms with Gasteiger partial charge in [-0.3, -0.25) is 13.8 Å². The van der Waals surface area contributed by atoms with Crippen LogP contribution in [0.1, 0.15) is 17.0 Å². The molecule has 4 aromatic rings. The molecule has 0 aliphatic carbocycles. The minimum atomic E-state index is -0.0284. The Morgan fingerprint density at radius 2 is 2.00 bits per heavy atom. The van der Waals surface area contributed by atoms with Crippen LogP contribution in [0, 0.1) is 13.8 Å². The molecular weight excluding hydrogens is 334 g/mol. The molecule has 0 spiro atoms. The van der Waals surface area contributed by atoms with E-state index in [1.54, 1.807) is 11.6 Å². The smallest absolute Gasteiger partial charge is 0.272 e. The van der Waals surface area contributed by atoms with E-state index in [1.165, 1.54) is 28.2 Å². The van der Waals surface area contributed by atoms with E-state index in [1.807, 2.05) is 15.8 Å². The molecule has 1 aromatic carbocycles. The SMILES string of the molecule is Cc1cccc(N(C)Cc2nnc3n(C)c(=O)c4sccc4n23)c1C. The lowest BCUT2D eigenvalue weighted by Gasteiger charge is -2.21. The molecule has 0 bridgehead atoms. The molecule has 0 amide bonds. The normalized spacial score (nSPS) is 11.5. The van der Waals surface area contributed by atoms with Gasteiger partial charge in [-0.25, -0.2) is 0 Å². The Kier molecular flexibility index (Phi) is 3.61. The zero-order valence-electron chi connectivity index (χ0n) is 14.6. The van der Waals surface area contributed by atoms with Gasteiger partial charge in [0.25, 0.3) is 5.56 Å². The van der Waals surface area contributed by atoms with Crippen molar-refractivity contribution >= 4 is 33.0 Å². The number of rotatable bonds is 3. The van der Waals surface area contributed by atoms with Crippen molar-refractivity contribution in [1.29, 1.82) is 0 Å². The molecule has 128 valence electrons. The summed E-state index contributed by atoms with van der Waals surface area (Å²) >= 11 is 1.45. The first-order chi connectivity index (χ1) is 12.0. The fourth-order valence-corrected chi connectivity index (χ4v) is 4.05. The van der Waals surface area contributed by atoms with E-state index in [4.69, 9.17) is 0 Å². The van der Waals surface area contributed by atoms with Crippen molar-refractivity contribution in [2.45, 2.75) is 20.4 Å². The van der Waals surface area contributed by atoms with E-state index >= 15 is 0 Å². The van der Waals surface area contributed by atoms with Crippen LogP contribution in [0.25, 0.3) is 16.0 Å². The van der Waals surface area contributed by atoms with Gasteiger partial charge in [-0.1, -0.05) is 12.1 Å². The summed E-state index contributed by atoms with van der Waals surface area (Å²) in [7, 11) is 3.79. The second-order valence-corrected chi connectivity index (χ2v) is 7.24. The van der Waals surface area contributed by atoms with Crippen molar-refractivity contribution in [3.8, 4) is 0 Å². The summed E-state index contributed by atoms with van der Waals surface area (Å²) in [6, 6.07) is 8.25. The molecule has 6 nitrogen and oxygen atoms in total. The number of anilines is 1. The van der Waals surface area contributed by atoms with Crippen molar-refractivity contribution in [2.24, 2.45) is 7.05 Å². The molecule has 0 unspecified atom stereocenters. The summed E-state index contributed by atoms with van der Waals surface area (Å²) in [5.41, 5.74) is 4.53. The lowest BCUT2D eigenvalue weighted by atomic mass is 10.1. The lowest BCUT2D eigenvalue weighted by Crippen LogP contribution is -2.22. The molecule has 25 heavy (non-hydrogen) atoms. The van der Waals surface area contributed by atoms with Crippen molar-refractivity contribution < 1.29 is 0 Å². The van der Waals surface area contributed by atoms with Crippen LogP contribution >= 0.6 is 11.3 Å². The minimum absolute atomic E-state index is 0.0284. The maximum absolute atomic E-state index is 12.4. The summed E-state index contributed by atoms with van der Waals surface area (Å²) < 4.78 is 4.27. The summed E-state index contributed by atoms with van der Waals surface area (Å²) in [6.07, 6.45) is 0. The van der Waals surface area contributed by atoms with Crippen molar-refractivity contribution in [3.05, 3.63) is 57.0 Å². The van der Waals surface area contributed by atoms with Crippen LogP contribution in [0.3, 0.4) is 0 Å². The Bertz CT molecular complexity index is 1150. The van der Waals surface area contributed by atoms with Gasteiger partial charge in [-0.2, -0.15) is 0 Å². The minimum Gasteiger partial charge on any atom is -0.367 e. The maximum atomic E-state index is 12.4. The largest absolute Gasteiger partial charge is 0.367 e. The average Bonchev–Trinajstić information content (AvgIpc) is 3.22. The lowest BCUT2D eigenvalue weighted by molar-refractivity contribution is 0.819. The van der Waals surface area contributed by atoms with E-state index in [2.05, 4.69) is 54.2 Å². The molecule has 0 aliphatic heterocycles. The molecular formula is C18H19N5OS. The van der Waals surface area contributed by atoms with Gasteiger partial charge >= 0.3 is 0 Å². The van der Waals surface area contributed by atoms with Gasteiger partial charge in [0.15, 0.2) is 5.82 Å². The Morgan fingerprint density at radius 1 is 1.20 bits per heavy atom. The number of thiophene rings is 1. The predicted molar refractivity (Wildman–Crippen MR) is 102 cm³/mol. The number of aromatic nitrogens is 4. The summed E-state index contributed by atoms with van der Waals surface area (Å²) in [4.78, 5) is 14.6. The molecule has 3 aromatic heterocycles. The van der Waals surface area contributed by atoms with Crippen molar-refractivity contribution in [2.75, 3.05) is 11.9 Å². The zero-order chi connectivity index (χ0) is 17.7. The first-order valence-electron chi connectivity index (χ1n) is 8.06. The van der Waals surface area contributed by atoms with Gasteiger partial charge in [0, 0.05) is 19.8 Å². The highest BCUT2D eigenvalue weighted by Gasteiger charge is 2.17. The molecule has 7 heteroatoms. The molecule has 0 radical (unpaired) electrons. The Balaban J connectivity index is 1.85. The fourth-order valence-electron chi connectivity index (χ4n) is 3.20. The highest BCUT2D eigenvalue weighted by molar-refractivity contribution is 7.17. The van der Waals surface area contributed by atoms with E-state index < -0.39 is 0 Å². The van der Waals surface area contributed by atoms with Crippen LogP contribution in [-0.2, 0) is 13.6 Å². The van der Waals surface area contributed by atoms with Crippen molar-refractivity contribution in [3.63, 3.8) is 0 Å². The van der Waals surface area contributed by atoms with Gasteiger partial charge in [0.1, 0.15) is 4.70 Å². The second-order valence-electron chi connectivity index (χ2n) is 6.33. The molecule has 0 atom stereocenters. The summed E-state index contributed by atoms with van der Waals surface area (Å²) in [6.45, 7) is 4.85. The average molecular weight is 353 g/mol. The van der Waals surface area contributed by atoms with Crippen LogP contribution in [0.4, 0.5) is 5.69 Å². The standard InChI is InChI=1S/C18H19N5OS/c1-11-6-5-7-13(12(11)2)21(3)10-15-19-20-18-22(4)17(24)16-14(23(15)18)8-9-25-16/h5-9H,10H2,1-4H3. The first kappa shape index (κ1) is 15.8. The van der Waals surface area contributed by atoms with Gasteiger partial charge < -0.3 is 4.90 Å². The maximum Gasteiger partial charge on any atom is 0.272 e. The van der Waals surface area contributed by atoms with Crippen LogP contribution in [-0.4, -0.2) is 26.2 Å². The van der Waals surface area contributed by atoms with Gasteiger partial charge in [0.2, 0.25) is 5.78 Å². The predicted octanol–water partition coefficient (Wildman–Crippen LogP) is 2.90. The van der Waals surface area contributed by atoms with E-state index in [0.717, 1.165) is 16.0 Å². The zero-order valence-corrected chi connectivity index (χ0v) is 15.5. The summed E-state index contributed by atoms with van der Waals surface area (Å²) in [5.74, 6) is 1.39. The number of hydrogen-bond donors (Lipinski definition) is 0. The molecule has 3 heterocycles. The molecule has 0 fully saturated rings. The third-order valence-corrected chi connectivity index (χ3v) is 5.65. The Hall–Kier alpha value is -2.67. The summed E-state index contributed by atoms with van der Waals surface area (Å²) in [5, 5.41) is 10.5. The first-order valence-corrected chi connectivity index (χ1v) is 8.94. The number of aryl methyl sites for hydroxylation is 2. The van der Waals surface area contributed by atoms with Gasteiger partial charge in [0.05, 0.1) is 12.1 Å². The molecule has 0 aliphatic rings. The van der Waals surface area contributed by atoms with E-state index in [0.29, 0.717) is 12.3 Å². The quantitative estimate of drug-likeness (QED) is 0.568. The van der Waals surface area contributed by atoms with Crippen LogP contribution in [0.2, 0.25) is 0 Å². The number of fused-ring (bicyclic) bond motifs is 3. The number of benzene rings is 1. The second kappa shape index (κ2) is 5.70. The highest BCUT2D eigenvalue weighted by Crippen LogP contribution is 2.24. The third kappa shape index (κ3) is 2.34. The van der Waals surface area contributed by atoms with E-state index in [-0.39, 0.29) is 5.56 Å². The number of nitrogens with zero attached hydrogens (tertiary/aromatic N) is 5. The monoisotopic (exact) mass is 353 g/mol. The van der Waals surface area contributed by atoms with Gasteiger partial charge in [-0.15, -0.1) is 21.5 Å². The number of hydrogen-bond acceptors (Lipinski definition) is 5. The molecule has 0 N–H and O–H groups in total. The Morgan fingerprint density at radius 3 is 2.80 bits per heavy atom. The highest BCUT2D eigenvalue weighted by atomic mass is 32.1. The topological polar surface area (TPSA) is 55.4 Å². The van der Waals surface area contributed by atoms with Gasteiger partial charge in [-0.05, 0) is 42.5 Å².